The van der Waals surface area contributed by atoms with Gasteiger partial charge in [-0.3, -0.25) is 14.5 Å². The number of aromatic nitrogens is 3. The molecule has 1 aromatic heterocycles. The quantitative estimate of drug-likeness (QED) is 0.346. The lowest BCUT2D eigenvalue weighted by Crippen LogP contribution is -2.59. The van der Waals surface area contributed by atoms with Crippen LogP contribution < -0.4 is 16.1 Å². The molecular weight excluding hydrogens is 532 g/mol. The third kappa shape index (κ3) is 2.98. The van der Waals surface area contributed by atoms with E-state index in [2.05, 4.69) is 4.74 Å². The third-order valence-corrected chi connectivity index (χ3v) is 8.43. The van der Waals surface area contributed by atoms with Gasteiger partial charge < -0.3 is 9.84 Å². The number of rotatable bonds is 2. The van der Waals surface area contributed by atoms with Crippen molar-refractivity contribution in [2.45, 2.75) is 41.0 Å². The van der Waals surface area contributed by atoms with E-state index in [0.29, 0.717) is 4.90 Å². The maximum Gasteiger partial charge on any atom is 0.573 e. The molecule has 4 atom stereocenters. The van der Waals surface area contributed by atoms with Crippen LogP contribution in [0.25, 0.3) is 0 Å². The number of allylic oxidation sites excluding steroid dienone is 2. The number of imide groups is 1. The number of phenolic OH excluding ortho intramolecular Hbond substituents is 1. The Morgan fingerprint density at radius 2 is 1.75 bits per heavy atom. The van der Waals surface area contributed by atoms with E-state index >= 15 is 0 Å². The van der Waals surface area contributed by atoms with Crippen LogP contribution in [0, 0.1) is 0 Å². The first-order valence-corrected chi connectivity index (χ1v) is 11.3. The summed E-state index contributed by atoms with van der Waals surface area (Å²) in [6.45, 7) is -0.142. The van der Waals surface area contributed by atoms with Crippen LogP contribution in [-0.4, -0.2) is 58.9 Å². The number of aromatic hydroxyl groups is 1. The van der Waals surface area contributed by atoms with Gasteiger partial charge in [-0.1, -0.05) is 6.08 Å². The highest BCUT2D eigenvalue weighted by molar-refractivity contribution is 6.53. The topological polar surface area (TPSA) is 116 Å². The van der Waals surface area contributed by atoms with Gasteiger partial charge in [0.25, 0.3) is 11.8 Å². The summed E-state index contributed by atoms with van der Waals surface area (Å²) in [5.41, 5.74) is -1.43. The zero-order chi connectivity index (χ0) is 26.5. The van der Waals surface area contributed by atoms with Crippen LogP contribution in [0.1, 0.15) is 23.9 Å². The fourth-order valence-corrected chi connectivity index (χ4v) is 6.41. The minimum absolute atomic E-state index is 0.142. The van der Waals surface area contributed by atoms with Gasteiger partial charge in [0, 0.05) is 32.0 Å². The number of hydrogen-bond donors (Lipinski definition) is 1. The zero-order valence-electron chi connectivity index (χ0n) is 18.5. The smallest absolute Gasteiger partial charge is 0.508 e. The first-order valence-electron chi connectivity index (χ1n) is 10.5. The molecule has 3 aliphatic rings. The summed E-state index contributed by atoms with van der Waals surface area (Å²) in [6, 6.07) is 1.56. The number of benzene rings is 1. The van der Waals surface area contributed by atoms with Crippen molar-refractivity contribution in [2.24, 2.45) is 7.05 Å². The molecule has 5 rings (SSSR count). The molecule has 0 spiro atoms. The fraction of sp³-hybridized carbons (Fsp3) is 0.429. The minimum Gasteiger partial charge on any atom is -0.508 e. The van der Waals surface area contributed by atoms with Crippen LogP contribution in [-0.2, 0) is 23.2 Å². The molecule has 1 aliphatic carbocycles. The number of halogens is 5. The molecule has 10 nitrogen and oxygen atoms in total. The third-order valence-electron chi connectivity index (χ3n) is 7.02. The predicted octanol–water partition coefficient (Wildman–Crippen LogP) is 1.58. The Morgan fingerprint density at radius 3 is 2.39 bits per heavy atom. The fourth-order valence-electron chi connectivity index (χ4n) is 5.42. The molecular formula is C21H17Cl2F3N4O6. The molecule has 192 valence electrons. The number of nitrogens with zero attached hydrogens (tertiary/aromatic N) is 4. The molecule has 1 aromatic carbocycles. The number of likely N-dealkylation sites (tertiary alicyclic amines) is 1. The summed E-state index contributed by atoms with van der Waals surface area (Å²) in [6.07, 6.45) is -3.95. The van der Waals surface area contributed by atoms with Crippen LogP contribution >= 0.6 is 23.2 Å². The molecule has 0 bridgehead atoms. The Bertz CT molecular complexity index is 1490. The standard InChI is InChI=1S/C21H17Cl2F3N4O6/c1-27-15(32)19(22)8-12-10(5-6-29-17(34)28(2)18(35)30(12)29)14(20(19,23)16(27)33)11-7-9(3-4-13(11)31)36-21(24,25)26/h3-5,7,12,14,31H,6,8H2,1-2H3/t12-,14-,19-,20+/m1/s1. The van der Waals surface area contributed by atoms with Crippen molar-refractivity contribution in [2.75, 3.05) is 7.05 Å². The molecule has 2 aliphatic heterocycles. The normalized spacial score (nSPS) is 29.5. The van der Waals surface area contributed by atoms with Crippen molar-refractivity contribution in [3.8, 4) is 11.5 Å². The molecule has 15 heteroatoms. The second kappa shape index (κ2) is 7.42. The van der Waals surface area contributed by atoms with Crippen molar-refractivity contribution < 1.29 is 32.6 Å². The summed E-state index contributed by atoms with van der Waals surface area (Å²) < 4.78 is 45.8. The van der Waals surface area contributed by atoms with Gasteiger partial charge in [0.05, 0.1) is 12.6 Å². The molecule has 2 aromatic rings. The van der Waals surface area contributed by atoms with Crippen molar-refractivity contribution in [1.82, 2.24) is 18.8 Å². The second-order valence-corrected chi connectivity index (χ2v) is 10.1. The Labute approximate surface area is 209 Å². The largest absolute Gasteiger partial charge is 0.573 e. The average molecular weight is 549 g/mol. The van der Waals surface area contributed by atoms with E-state index in [1.165, 1.54) is 13.1 Å². The average Bonchev–Trinajstić information content (AvgIpc) is 3.09. The SMILES string of the molecule is CN1C(=O)[C@]2(Cl)C[C@@H]3C(=CCn4c(=O)n(C)c(=O)n43)[C@H](c3cc(OC(F)(F)F)ccc3O)[C@]2(Cl)C1=O. The Morgan fingerprint density at radius 1 is 1.08 bits per heavy atom. The first kappa shape index (κ1) is 24.5. The van der Waals surface area contributed by atoms with Gasteiger partial charge in [0.1, 0.15) is 11.5 Å². The second-order valence-electron chi connectivity index (χ2n) is 8.86. The van der Waals surface area contributed by atoms with Gasteiger partial charge >= 0.3 is 17.7 Å². The molecule has 2 amide bonds. The molecule has 1 saturated carbocycles. The number of phenols is 1. The maximum atomic E-state index is 13.4. The summed E-state index contributed by atoms with van der Waals surface area (Å²) in [4.78, 5) is 48.3. The Kier molecular flexibility index (Phi) is 5.05. The van der Waals surface area contributed by atoms with E-state index < -0.39 is 62.8 Å². The van der Waals surface area contributed by atoms with Crippen LogP contribution in [0.3, 0.4) is 0 Å². The van der Waals surface area contributed by atoms with Crippen molar-refractivity contribution >= 4 is 35.0 Å². The highest BCUT2D eigenvalue weighted by Crippen LogP contribution is 2.64. The first-order chi connectivity index (χ1) is 16.6. The molecule has 3 heterocycles. The van der Waals surface area contributed by atoms with Crippen LogP contribution in [0.15, 0.2) is 39.4 Å². The van der Waals surface area contributed by atoms with Gasteiger partial charge in [-0.25, -0.2) is 23.5 Å². The number of amides is 2. The summed E-state index contributed by atoms with van der Waals surface area (Å²) in [5.74, 6) is -4.55. The minimum atomic E-state index is -5.06. The van der Waals surface area contributed by atoms with E-state index in [4.69, 9.17) is 23.2 Å². The van der Waals surface area contributed by atoms with Gasteiger partial charge in [-0.15, -0.1) is 36.4 Å². The summed E-state index contributed by atoms with van der Waals surface area (Å²) >= 11 is 13.7. The maximum absolute atomic E-state index is 13.4. The molecule has 1 N–H and O–H groups in total. The van der Waals surface area contributed by atoms with E-state index in [1.807, 2.05) is 0 Å². The van der Waals surface area contributed by atoms with Crippen LogP contribution in [0.2, 0.25) is 0 Å². The lowest BCUT2D eigenvalue weighted by Gasteiger charge is -2.49. The van der Waals surface area contributed by atoms with Gasteiger partial charge in [0.2, 0.25) is 0 Å². The zero-order valence-corrected chi connectivity index (χ0v) is 20.1. The highest BCUT2D eigenvalue weighted by atomic mass is 35.5. The van der Waals surface area contributed by atoms with Crippen LogP contribution in [0.4, 0.5) is 13.2 Å². The van der Waals surface area contributed by atoms with Gasteiger partial charge in [-0.05, 0) is 23.8 Å². The Balaban J connectivity index is 1.80. The number of carbonyl (C=O) groups is 2. The van der Waals surface area contributed by atoms with Crippen molar-refractivity contribution in [3.63, 3.8) is 0 Å². The highest BCUT2D eigenvalue weighted by Gasteiger charge is 2.75. The van der Waals surface area contributed by atoms with E-state index in [-0.39, 0.29) is 24.1 Å². The monoisotopic (exact) mass is 548 g/mol. The van der Waals surface area contributed by atoms with Gasteiger partial charge in [-0.2, -0.15) is 0 Å². The predicted molar refractivity (Wildman–Crippen MR) is 118 cm³/mol. The lowest BCUT2D eigenvalue weighted by atomic mass is 9.64. The number of alkyl halides is 5. The number of ether oxygens (including phenoxy) is 1. The molecule has 36 heavy (non-hydrogen) atoms. The summed E-state index contributed by atoms with van der Waals surface area (Å²) in [7, 11) is 2.41. The Hall–Kier alpha value is -3.19. The number of fused-ring (bicyclic) bond motifs is 4. The lowest BCUT2D eigenvalue weighted by molar-refractivity contribution is -0.274. The van der Waals surface area contributed by atoms with Crippen molar-refractivity contribution in [1.29, 1.82) is 0 Å². The molecule has 1 saturated heterocycles. The molecule has 0 unspecified atom stereocenters. The number of hydrogen-bond acceptors (Lipinski definition) is 6. The van der Waals surface area contributed by atoms with Gasteiger partial charge in [0.15, 0.2) is 9.75 Å². The van der Waals surface area contributed by atoms with E-state index in [9.17, 15) is 37.5 Å². The summed E-state index contributed by atoms with van der Waals surface area (Å²) in [5, 5.41) is 10.7. The molecule has 2 fully saturated rings. The molecule has 0 radical (unpaired) electrons. The van der Waals surface area contributed by atoms with Crippen LogP contribution in [0.5, 0.6) is 11.5 Å². The van der Waals surface area contributed by atoms with E-state index in [0.717, 1.165) is 39.2 Å². The van der Waals surface area contributed by atoms with E-state index in [1.54, 1.807) is 0 Å². The van der Waals surface area contributed by atoms with Crippen molar-refractivity contribution in [3.05, 3.63) is 56.4 Å². The number of carbonyl (C=O) groups excluding carboxylic acids is 2.